The molecule has 1 aromatic heterocycles. The molecule has 31 heavy (non-hydrogen) atoms. The maximum Gasteiger partial charge on any atom is 0.289 e. The average molecular weight is 422 g/mol. The molecule has 2 N–H and O–H groups in total. The highest BCUT2D eigenvalue weighted by molar-refractivity contribution is 5.94. The number of nitrogens with zero attached hydrogens (tertiary/aromatic N) is 2. The molecule has 0 saturated heterocycles. The van der Waals surface area contributed by atoms with Crippen molar-refractivity contribution in [2.45, 2.75) is 19.8 Å². The predicted molar refractivity (Wildman–Crippen MR) is 119 cm³/mol. The number of hydrazone groups is 1. The monoisotopic (exact) mass is 422 g/mol. The Morgan fingerprint density at radius 3 is 2.58 bits per heavy atom. The van der Waals surface area contributed by atoms with Crippen molar-refractivity contribution in [1.82, 2.24) is 15.6 Å². The molecular weight excluding hydrogens is 396 g/mol. The van der Waals surface area contributed by atoms with E-state index in [1.54, 1.807) is 38.5 Å². The predicted octanol–water partition coefficient (Wildman–Crippen LogP) is 4.04. The van der Waals surface area contributed by atoms with E-state index in [1.165, 1.54) is 6.21 Å². The molecule has 0 aliphatic carbocycles. The molecule has 0 unspecified atom stereocenters. The lowest BCUT2D eigenvalue weighted by molar-refractivity contribution is 0.0950. The van der Waals surface area contributed by atoms with E-state index >= 15 is 0 Å². The first-order valence-corrected chi connectivity index (χ1v) is 9.98. The first-order chi connectivity index (χ1) is 15.1. The molecule has 8 nitrogen and oxygen atoms in total. The van der Waals surface area contributed by atoms with Gasteiger partial charge in [0.1, 0.15) is 11.4 Å². The van der Waals surface area contributed by atoms with Gasteiger partial charge in [-0.25, -0.2) is 5.43 Å². The van der Waals surface area contributed by atoms with Crippen molar-refractivity contribution in [3.63, 3.8) is 0 Å². The molecule has 0 saturated carbocycles. The Labute approximate surface area is 181 Å². The molecule has 0 fully saturated rings. The lowest BCUT2D eigenvalue weighted by Gasteiger charge is -2.07. The first kappa shape index (κ1) is 21.9. The van der Waals surface area contributed by atoms with Crippen molar-refractivity contribution in [3.8, 4) is 28.5 Å². The minimum Gasteiger partial charge on any atom is -0.494 e. The fraction of sp³-hybridized carbons (Fsp3) is 0.261. The summed E-state index contributed by atoms with van der Waals surface area (Å²) in [7, 11) is 3.13. The first-order valence-electron chi connectivity index (χ1n) is 9.98. The molecule has 0 spiro atoms. The molecule has 0 aliphatic heterocycles. The number of hydrogen-bond donors (Lipinski definition) is 2. The molecule has 0 aliphatic rings. The summed E-state index contributed by atoms with van der Waals surface area (Å²) in [5, 5.41) is 10.9. The van der Waals surface area contributed by atoms with Crippen LogP contribution >= 0.6 is 0 Å². The number of ether oxygens (including phenoxy) is 3. The van der Waals surface area contributed by atoms with Crippen LogP contribution in [0, 0.1) is 0 Å². The van der Waals surface area contributed by atoms with E-state index in [0.717, 1.165) is 29.7 Å². The van der Waals surface area contributed by atoms with Crippen LogP contribution in [0.3, 0.4) is 0 Å². The number of unbranched alkanes of at least 4 members (excludes halogenated alkanes) is 1. The maximum absolute atomic E-state index is 12.3. The summed E-state index contributed by atoms with van der Waals surface area (Å²) >= 11 is 0. The third-order valence-electron chi connectivity index (χ3n) is 4.53. The topological polar surface area (TPSA) is 97.8 Å². The quantitative estimate of drug-likeness (QED) is 0.292. The molecule has 0 bridgehead atoms. The van der Waals surface area contributed by atoms with Gasteiger partial charge in [-0.15, -0.1) is 0 Å². The van der Waals surface area contributed by atoms with Crippen LogP contribution in [0.25, 0.3) is 11.3 Å². The highest BCUT2D eigenvalue weighted by atomic mass is 16.5. The lowest BCUT2D eigenvalue weighted by Crippen LogP contribution is -2.18. The summed E-state index contributed by atoms with van der Waals surface area (Å²) < 4.78 is 16.1. The van der Waals surface area contributed by atoms with Gasteiger partial charge in [0.25, 0.3) is 5.91 Å². The Hall–Kier alpha value is -3.81. The zero-order chi connectivity index (χ0) is 22.1. The van der Waals surface area contributed by atoms with Gasteiger partial charge in [0.2, 0.25) is 0 Å². The summed E-state index contributed by atoms with van der Waals surface area (Å²) in [6.45, 7) is 2.83. The van der Waals surface area contributed by atoms with Crippen LogP contribution in [0.15, 0.2) is 53.6 Å². The Bertz CT molecular complexity index is 1030. The van der Waals surface area contributed by atoms with Gasteiger partial charge in [0.15, 0.2) is 11.5 Å². The van der Waals surface area contributed by atoms with Gasteiger partial charge >= 0.3 is 0 Å². The smallest absolute Gasteiger partial charge is 0.289 e. The van der Waals surface area contributed by atoms with Crippen molar-refractivity contribution in [2.75, 3.05) is 20.8 Å². The van der Waals surface area contributed by atoms with Gasteiger partial charge in [0.05, 0.1) is 32.7 Å². The number of aromatic nitrogens is 2. The van der Waals surface area contributed by atoms with Crippen molar-refractivity contribution < 1.29 is 19.0 Å². The van der Waals surface area contributed by atoms with Crippen molar-refractivity contribution >= 4 is 12.1 Å². The SMILES string of the molecule is CCCCOc1ccc(-c2cc(C(=O)N/N=C/c3ccc(OC)c(OC)c3)[nH]n2)cc1. The summed E-state index contributed by atoms with van der Waals surface area (Å²) in [5.41, 5.74) is 5.09. The number of carbonyl (C=O) groups excluding carboxylic acids is 1. The molecule has 0 atom stereocenters. The van der Waals surface area contributed by atoms with E-state index in [0.29, 0.717) is 29.5 Å². The van der Waals surface area contributed by atoms with Crippen molar-refractivity contribution in [1.29, 1.82) is 0 Å². The Balaban J connectivity index is 1.59. The number of nitrogens with one attached hydrogen (secondary N) is 2. The molecule has 8 heteroatoms. The number of rotatable bonds is 10. The standard InChI is InChI=1S/C23H26N4O4/c1-4-5-12-31-18-9-7-17(8-10-18)19-14-20(26-25-19)23(28)27-24-15-16-6-11-21(29-2)22(13-16)30-3/h6-11,13-15H,4-5,12H2,1-3H3,(H,25,26)(H,27,28)/b24-15+. The second kappa shape index (κ2) is 10.8. The number of H-pyrrole nitrogens is 1. The van der Waals surface area contributed by atoms with Gasteiger partial charge in [0, 0.05) is 5.56 Å². The minimum absolute atomic E-state index is 0.308. The van der Waals surface area contributed by atoms with E-state index in [2.05, 4.69) is 27.6 Å². The molecule has 1 amide bonds. The number of hydrogen-bond acceptors (Lipinski definition) is 6. The van der Waals surface area contributed by atoms with Gasteiger partial charge in [-0.05, 0) is 60.5 Å². The van der Waals surface area contributed by atoms with Crippen LogP contribution < -0.4 is 19.6 Å². The van der Waals surface area contributed by atoms with Gasteiger partial charge < -0.3 is 14.2 Å². The maximum atomic E-state index is 12.3. The number of amides is 1. The number of methoxy groups -OCH3 is 2. The summed E-state index contributed by atoms with van der Waals surface area (Å²) in [6.07, 6.45) is 3.64. The number of benzene rings is 2. The minimum atomic E-state index is -0.394. The second-order valence-corrected chi connectivity index (χ2v) is 6.71. The van der Waals surface area contributed by atoms with Crippen LogP contribution in [0.5, 0.6) is 17.2 Å². The van der Waals surface area contributed by atoms with Crippen molar-refractivity contribution in [3.05, 3.63) is 59.8 Å². The second-order valence-electron chi connectivity index (χ2n) is 6.71. The Morgan fingerprint density at radius 1 is 1.10 bits per heavy atom. The van der Waals surface area contributed by atoms with Crippen LogP contribution in [0.4, 0.5) is 0 Å². The van der Waals surface area contributed by atoms with E-state index in [9.17, 15) is 4.79 Å². The average Bonchev–Trinajstić information content (AvgIpc) is 3.30. The van der Waals surface area contributed by atoms with E-state index in [1.807, 2.05) is 24.3 Å². The van der Waals surface area contributed by atoms with E-state index < -0.39 is 5.91 Å². The van der Waals surface area contributed by atoms with Crippen LogP contribution in [0.1, 0.15) is 35.8 Å². The van der Waals surface area contributed by atoms with Crippen LogP contribution in [-0.2, 0) is 0 Å². The fourth-order valence-corrected chi connectivity index (χ4v) is 2.80. The largest absolute Gasteiger partial charge is 0.494 e. The van der Waals surface area contributed by atoms with E-state index in [4.69, 9.17) is 14.2 Å². The highest BCUT2D eigenvalue weighted by Gasteiger charge is 2.11. The summed E-state index contributed by atoms with van der Waals surface area (Å²) in [5.74, 6) is 1.62. The zero-order valence-corrected chi connectivity index (χ0v) is 17.8. The fourth-order valence-electron chi connectivity index (χ4n) is 2.80. The number of carbonyl (C=O) groups is 1. The molecule has 3 rings (SSSR count). The van der Waals surface area contributed by atoms with E-state index in [-0.39, 0.29) is 0 Å². The molecule has 162 valence electrons. The van der Waals surface area contributed by atoms with Gasteiger partial charge in [-0.3, -0.25) is 9.89 Å². The molecule has 0 radical (unpaired) electrons. The summed E-state index contributed by atoms with van der Waals surface area (Å²) in [6, 6.07) is 14.6. The van der Waals surface area contributed by atoms with Crippen LogP contribution in [-0.4, -0.2) is 43.1 Å². The molecular formula is C23H26N4O4. The normalized spacial score (nSPS) is 10.8. The number of aromatic amines is 1. The zero-order valence-electron chi connectivity index (χ0n) is 17.8. The summed E-state index contributed by atoms with van der Waals surface area (Å²) in [4.78, 5) is 12.3. The molecule has 1 heterocycles. The Morgan fingerprint density at radius 2 is 1.87 bits per heavy atom. The molecule has 2 aromatic carbocycles. The van der Waals surface area contributed by atoms with Gasteiger partial charge in [-0.1, -0.05) is 13.3 Å². The lowest BCUT2D eigenvalue weighted by atomic mass is 10.1. The Kier molecular flexibility index (Phi) is 7.64. The van der Waals surface area contributed by atoms with Crippen LogP contribution in [0.2, 0.25) is 0 Å². The van der Waals surface area contributed by atoms with Gasteiger partial charge in [-0.2, -0.15) is 10.2 Å². The van der Waals surface area contributed by atoms with Crippen molar-refractivity contribution in [2.24, 2.45) is 5.10 Å². The molecule has 3 aromatic rings. The third-order valence-corrected chi connectivity index (χ3v) is 4.53. The third kappa shape index (κ3) is 5.85. The highest BCUT2D eigenvalue weighted by Crippen LogP contribution is 2.27.